The lowest BCUT2D eigenvalue weighted by molar-refractivity contribution is 0.397. The van der Waals surface area contributed by atoms with Crippen molar-refractivity contribution in [2.75, 3.05) is 7.11 Å². The highest BCUT2D eigenvalue weighted by Gasteiger charge is 2.20. The first-order chi connectivity index (χ1) is 10.5. The molecule has 112 valence electrons. The number of ether oxygens (including phenoxy) is 1. The van der Waals surface area contributed by atoms with Gasteiger partial charge in [0.2, 0.25) is 11.2 Å². The minimum atomic E-state index is -0.793. The molecule has 1 heterocycles. The Hall–Kier alpha value is -2.76. The number of fused-ring (bicyclic) bond motifs is 1. The summed E-state index contributed by atoms with van der Waals surface area (Å²) in [6, 6.07) is 6.05. The van der Waals surface area contributed by atoms with Gasteiger partial charge in [-0.1, -0.05) is 0 Å². The first kappa shape index (κ1) is 14.2. The normalized spacial score (nSPS) is 10.9. The lowest BCUT2D eigenvalue weighted by Crippen LogP contribution is -2.08. The molecular formula is C16H9F3O3. The molecule has 3 rings (SSSR count). The SMILES string of the molecule is COc1c(-c2cc(F)ccc2F)oc2cc(F)ccc2c1=O. The van der Waals surface area contributed by atoms with E-state index in [1.54, 1.807) is 0 Å². The van der Waals surface area contributed by atoms with Crippen LogP contribution in [0.25, 0.3) is 22.3 Å². The van der Waals surface area contributed by atoms with Gasteiger partial charge in [-0.25, -0.2) is 13.2 Å². The smallest absolute Gasteiger partial charge is 0.235 e. The lowest BCUT2D eigenvalue weighted by Gasteiger charge is -2.09. The number of methoxy groups -OCH3 is 1. The van der Waals surface area contributed by atoms with E-state index < -0.39 is 22.9 Å². The molecule has 0 bridgehead atoms. The van der Waals surface area contributed by atoms with Crippen LogP contribution < -0.4 is 10.2 Å². The molecule has 0 amide bonds. The first-order valence-corrected chi connectivity index (χ1v) is 6.27. The third-order valence-corrected chi connectivity index (χ3v) is 3.19. The second-order valence-corrected chi connectivity index (χ2v) is 4.56. The van der Waals surface area contributed by atoms with Crippen LogP contribution in [0.4, 0.5) is 13.2 Å². The number of rotatable bonds is 2. The first-order valence-electron chi connectivity index (χ1n) is 6.27. The maximum atomic E-state index is 13.9. The third-order valence-electron chi connectivity index (χ3n) is 3.19. The van der Waals surface area contributed by atoms with Gasteiger partial charge in [0.15, 0.2) is 5.76 Å². The second kappa shape index (κ2) is 5.22. The van der Waals surface area contributed by atoms with E-state index in [2.05, 4.69) is 0 Å². The summed E-state index contributed by atoms with van der Waals surface area (Å²) in [6.07, 6.45) is 0. The van der Waals surface area contributed by atoms with E-state index in [1.165, 1.54) is 13.2 Å². The fourth-order valence-corrected chi connectivity index (χ4v) is 2.18. The minimum absolute atomic E-state index is 0.0792. The van der Waals surface area contributed by atoms with Crippen LogP contribution in [-0.4, -0.2) is 7.11 Å². The quantitative estimate of drug-likeness (QED) is 0.721. The molecule has 0 aliphatic heterocycles. The molecular weight excluding hydrogens is 297 g/mol. The Balaban J connectivity index is 2.42. The number of benzene rings is 2. The van der Waals surface area contributed by atoms with E-state index >= 15 is 0 Å². The van der Waals surface area contributed by atoms with Crippen molar-refractivity contribution < 1.29 is 22.3 Å². The second-order valence-electron chi connectivity index (χ2n) is 4.56. The van der Waals surface area contributed by atoms with Gasteiger partial charge >= 0.3 is 0 Å². The highest BCUT2D eigenvalue weighted by molar-refractivity contribution is 5.82. The molecule has 0 atom stereocenters. The van der Waals surface area contributed by atoms with Crippen LogP contribution >= 0.6 is 0 Å². The molecule has 0 saturated heterocycles. The summed E-state index contributed by atoms with van der Waals surface area (Å²) in [5.74, 6) is -2.68. The summed E-state index contributed by atoms with van der Waals surface area (Å²) in [5, 5.41) is 0.0822. The van der Waals surface area contributed by atoms with Crippen LogP contribution in [0.1, 0.15) is 0 Å². The average molecular weight is 306 g/mol. The van der Waals surface area contributed by atoms with E-state index in [1.807, 2.05) is 0 Å². The summed E-state index contributed by atoms with van der Waals surface area (Å²) < 4.78 is 51.0. The Morgan fingerprint density at radius 1 is 1.00 bits per heavy atom. The Labute approximate surface area is 122 Å². The van der Waals surface area contributed by atoms with Gasteiger partial charge in [-0.15, -0.1) is 0 Å². The molecule has 0 fully saturated rings. The Kier molecular flexibility index (Phi) is 3.36. The highest BCUT2D eigenvalue weighted by Crippen LogP contribution is 2.32. The van der Waals surface area contributed by atoms with E-state index in [0.29, 0.717) is 0 Å². The lowest BCUT2D eigenvalue weighted by atomic mass is 10.1. The summed E-state index contributed by atoms with van der Waals surface area (Å²) in [5.41, 5.74) is -0.952. The third kappa shape index (κ3) is 2.22. The summed E-state index contributed by atoms with van der Waals surface area (Å²) in [7, 11) is 1.21. The van der Waals surface area contributed by atoms with Crippen LogP contribution in [0.3, 0.4) is 0 Å². The van der Waals surface area contributed by atoms with Gasteiger partial charge in [0.25, 0.3) is 0 Å². The monoisotopic (exact) mass is 306 g/mol. The molecule has 0 N–H and O–H groups in total. The van der Waals surface area contributed by atoms with Crippen molar-refractivity contribution >= 4 is 11.0 Å². The predicted octanol–water partition coefficient (Wildman–Crippen LogP) is 3.89. The fourth-order valence-electron chi connectivity index (χ4n) is 2.18. The molecule has 3 aromatic rings. The average Bonchev–Trinajstić information content (AvgIpc) is 2.49. The van der Waals surface area contributed by atoms with Gasteiger partial charge < -0.3 is 9.15 Å². The van der Waals surface area contributed by atoms with Crippen LogP contribution in [-0.2, 0) is 0 Å². The van der Waals surface area contributed by atoms with Crippen molar-refractivity contribution in [3.63, 3.8) is 0 Å². The standard InChI is InChI=1S/C16H9F3O3/c1-21-16-14(20)10-4-2-9(18)7-13(10)22-15(16)11-6-8(17)3-5-12(11)19/h2-7H,1H3. The van der Waals surface area contributed by atoms with E-state index in [0.717, 1.165) is 30.3 Å². The van der Waals surface area contributed by atoms with Gasteiger partial charge in [-0.2, -0.15) is 0 Å². The van der Waals surface area contributed by atoms with Crippen molar-refractivity contribution in [2.24, 2.45) is 0 Å². The molecule has 0 spiro atoms. The Morgan fingerprint density at radius 3 is 2.41 bits per heavy atom. The molecule has 6 heteroatoms. The largest absolute Gasteiger partial charge is 0.490 e. The van der Waals surface area contributed by atoms with Crippen molar-refractivity contribution in [1.82, 2.24) is 0 Å². The van der Waals surface area contributed by atoms with Crippen molar-refractivity contribution in [1.29, 1.82) is 0 Å². The van der Waals surface area contributed by atoms with Gasteiger partial charge in [0, 0.05) is 6.07 Å². The van der Waals surface area contributed by atoms with E-state index in [9.17, 15) is 18.0 Å². The molecule has 0 radical (unpaired) electrons. The van der Waals surface area contributed by atoms with Crippen molar-refractivity contribution in [2.45, 2.75) is 0 Å². The maximum Gasteiger partial charge on any atom is 0.235 e. The summed E-state index contributed by atoms with van der Waals surface area (Å²) >= 11 is 0. The molecule has 0 aliphatic rings. The predicted molar refractivity (Wildman–Crippen MR) is 74.3 cm³/mol. The Morgan fingerprint density at radius 2 is 1.68 bits per heavy atom. The maximum absolute atomic E-state index is 13.9. The molecule has 22 heavy (non-hydrogen) atoms. The summed E-state index contributed by atoms with van der Waals surface area (Å²) in [4.78, 5) is 12.3. The van der Waals surface area contributed by atoms with Crippen LogP contribution in [0.2, 0.25) is 0 Å². The van der Waals surface area contributed by atoms with Crippen molar-refractivity contribution in [3.05, 3.63) is 64.1 Å². The topological polar surface area (TPSA) is 39.4 Å². The van der Waals surface area contributed by atoms with Crippen molar-refractivity contribution in [3.8, 4) is 17.1 Å². The molecule has 0 saturated carbocycles. The zero-order valence-electron chi connectivity index (χ0n) is 11.3. The molecule has 0 aliphatic carbocycles. The fraction of sp³-hybridized carbons (Fsp3) is 0.0625. The minimum Gasteiger partial charge on any atom is -0.490 e. The zero-order valence-corrected chi connectivity index (χ0v) is 11.3. The number of hydrogen-bond donors (Lipinski definition) is 0. The van der Waals surface area contributed by atoms with E-state index in [-0.39, 0.29) is 28.0 Å². The number of halogens is 3. The molecule has 2 aromatic carbocycles. The van der Waals surface area contributed by atoms with Gasteiger partial charge in [0.1, 0.15) is 23.0 Å². The van der Waals surface area contributed by atoms with Gasteiger partial charge in [-0.3, -0.25) is 4.79 Å². The van der Waals surface area contributed by atoms with E-state index in [4.69, 9.17) is 9.15 Å². The molecule has 1 aromatic heterocycles. The zero-order chi connectivity index (χ0) is 15.9. The highest BCUT2D eigenvalue weighted by atomic mass is 19.1. The number of hydrogen-bond acceptors (Lipinski definition) is 3. The Bertz CT molecular complexity index is 932. The van der Waals surface area contributed by atoms with Gasteiger partial charge in [-0.05, 0) is 30.3 Å². The van der Waals surface area contributed by atoms with Crippen LogP contribution in [0.5, 0.6) is 5.75 Å². The summed E-state index contributed by atoms with van der Waals surface area (Å²) in [6.45, 7) is 0. The van der Waals surface area contributed by atoms with Crippen LogP contribution in [0.15, 0.2) is 45.6 Å². The van der Waals surface area contributed by atoms with Gasteiger partial charge in [0.05, 0.1) is 18.1 Å². The van der Waals surface area contributed by atoms with Crippen LogP contribution in [0, 0.1) is 17.5 Å². The molecule has 3 nitrogen and oxygen atoms in total. The molecule has 0 unspecified atom stereocenters.